The van der Waals surface area contributed by atoms with Crippen molar-refractivity contribution in [2.45, 2.75) is 69.0 Å². The number of nitrogens with zero attached hydrogens (tertiary/aromatic N) is 2. The molecule has 0 radical (unpaired) electrons. The lowest BCUT2D eigenvalue weighted by atomic mass is 9.94. The minimum absolute atomic E-state index is 0.0318. The molecule has 0 spiro atoms. The van der Waals surface area contributed by atoms with E-state index in [1.807, 2.05) is 61.5 Å². The molecule has 4 aromatic carbocycles. The van der Waals surface area contributed by atoms with E-state index in [4.69, 9.17) is 4.74 Å². The maximum atomic E-state index is 14.7. The Balaban J connectivity index is 1.57. The number of hydrogen-bond acceptors (Lipinski definition) is 5. The number of carbonyl (C=O) groups is 2. The van der Waals surface area contributed by atoms with Crippen LogP contribution in [0, 0.1) is 6.92 Å². The number of halogens is 1. The van der Waals surface area contributed by atoms with Crippen molar-refractivity contribution in [3.8, 4) is 5.75 Å². The van der Waals surface area contributed by atoms with Crippen LogP contribution in [0.5, 0.6) is 5.75 Å². The second kappa shape index (κ2) is 16.3. The summed E-state index contributed by atoms with van der Waals surface area (Å²) in [5, 5.41) is 3.24. The average molecular weight is 733 g/mol. The molecule has 1 fully saturated rings. The number of sulfonamides is 1. The maximum Gasteiger partial charge on any atom is 0.264 e. The van der Waals surface area contributed by atoms with Gasteiger partial charge in [0.2, 0.25) is 11.8 Å². The molecule has 4 aromatic rings. The van der Waals surface area contributed by atoms with Crippen molar-refractivity contribution < 1.29 is 22.7 Å². The fraction of sp³-hybridized carbons (Fsp3) is 0.316. The first-order chi connectivity index (χ1) is 23.1. The fourth-order valence-electron chi connectivity index (χ4n) is 6.02. The molecule has 0 unspecified atom stereocenters. The van der Waals surface area contributed by atoms with E-state index in [9.17, 15) is 18.0 Å². The standard InChI is InChI=1S/C38H42BrN3O5S/c1-28-16-22-35(23-17-28)48(45,46)42(33-14-9-15-34(25-33)47-2)27-37(43)41(26-30-18-20-31(39)21-19-30)36(24-29-10-5-3-6-11-29)38(44)40-32-12-7-4-8-13-32/h3,5-6,9-11,14-23,25,32,36H,4,7-8,12-13,24,26-27H2,1-2H3,(H,40,44)/t36-/m0/s1. The molecule has 10 heteroatoms. The molecular formula is C38H42BrN3O5S. The Kier molecular flexibility index (Phi) is 11.9. The van der Waals surface area contributed by atoms with Gasteiger partial charge in [-0.05, 0) is 67.3 Å². The lowest BCUT2D eigenvalue weighted by molar-refractivity contribution is -0.140. The first-order valence-corrected chi connectivity index (χ1v) is 18.5. The SMILES string of the molecule is COc1cccc(N(CC(=O)N(Cc2ccc(Br)cc2)[C@@H](Cc2ccccc2)C(=O)NC2CCCCC2)S(=O)(=O)c2ccc(C)cc2)c1. The Labute approximate surface area is 292 Å². The smallest absolute Gasteiger partial charge is 0.264 e. The van der Waals surface area contributed by atoms with Gasteiger partial charge in [0, 0.05) is 29.5 Å². The van der Waals surface area contributed by atoms with Gasteiger partial charge in [-0.3, -0.25) is 13.9 Å². The van der Waals surface area contributed by atoms with Crippen LogP contribution in [0.4, 0.5) is 5.69 Å². The van der Waals surface area contributed by atoms with E-state index in [2.05, 4.69) is 21.2 Å². The third-order valence-corrected chi connectivity index (χ3v) is 11.0. The Morgan fingerprint density at radius 1 is 0.875 bits per heavy atom. The zero-order valence-corrected chi connectivity index (χ0v) is 29.8. The highest BCUT2D eigenvalue weighted by Gasteiger charge is 2.35. The molecule has 1 aliphatic carbocycles. The van der Waals surface area contributed by atoms with Crippen molar-refractivity contribution in [1.29, 1.82) is 0 Å². The molecule has 0 bridgehead atoms. The van der Waals surface area contributed by atoms with E-state index < -0.39 is 28.5 Å². The molecule has 2 amide bonds. The van der Waals surface area contributed by atoms with Crippen LogP contribution in [-0.4, -0.2) is 50.9 Å². The molecule has 48 heavy (non-hydrogen) atoms. The van der Waals surface area contributed by atoms with Crippen molar-refractivity contribution >= 4 is 43.5 Å². The van der Waals surface area contributed by atoms with E-state index in [1.165, 1.54) is 24.1 Å². The number of benzene rings is 4. The fourth-order valence-corrected chi connectivity index (χ4v) is 7.69. The van der Waals surface area contributed by atoms with Crippen molar-refractivity contribution in [2.75, 3.05) is 18.0 Å². The number of hydrogen-bond donors (Lipinski definition) is 1. The van der Waals surface area contributed by atoms with Crippen molar-refractivity contribution in [3.05, 3.63) is 124 Å². The number of ether oxygens (including phenoxy) is 1. The minimum Gasteiger partial charge on any atom is -0.497 e. The Morgan fingerprint density at radius 3 is 2.23 bits per heavy atom. The number of rotatable bonds is 13. The number of nitrogens with one attached hydrogen (secondary N) is 1. The van der Waals surface area contributed by atoms with Crippen LogP contribution in [-0.2, 0) is 32.6 Å². The molecule has 1 N–H and O–H groups in total. The first-order valence-electron chi connectivity index (χ1n) is 16.3. The Hall–Kier alpha value is -4.15. The molecule has 252 valence electrons. The minimum atomic E-state index is -4.21. The summed E-state index contributed by atoms with van der Waals surface area (Å²) in [6, 6.07) is 29.5. The summed E-state index contributed by atoms with van der Waals surface area (Å²) >= 11 is 3.48. The molecule has 0 saturated heterocycles. The van der Waals surface area contributed by atoms with Crippen LogP contribution in [0.15, 0.2) is 112 Å². The molecule has 0 aromatic heterocycles. The largest absolute Gasteiger partial charge is 0.497 e. The summed E-state index contributed by atoms with van der Waals surface area (Å²) < 4.78 is 36.0. The molecular weight excluding hydrogens is 690 g/mol. The van der Waals surface area contributed by atoms with Crippen molar-refractivity contribution in [1.82, 2.24) is 10.2 Å². The highest BCUT2D eigenvalue weighted by Crippen LogP contribution is 2.28. The summed E-state index contributed by atoms with van der Waals surface area (Å²) in [6.45, 7) is 1.46. The van der Waals surface area contributed by atoms with E-state index in [0.717, 1.165) is 57.6 Å². The van der Waals surface area contributed by atoms with Gasteiger partial charge in [0.1, 0.15) is 18.3 Å². The molecule has 0 heterocycles. The Morgan fingerprint density at radius 2 is 1.56 bits per heavy atom. The Bertz CT molecular complexity index is 1780. The van der Waals surface area contributed by atoms with E-state index >= 15 is 0 Å². The normalized spacial score (nSPS) is 14.1. The lowest BCUT2D eigenvalue weighted by Gasteiger charge is -2.35. The summed E-state index contributed by atoms with van der Waals surface area (Å²) in [5.74, 6) is -0.300. The van der Waals surface area contributed by atoms with E-state index in [1.54, 1.807) is 36.4 Å². The van der Waals surface area contributed by atoms with Gasteiger partial charge in [-0.2, -0.15) is 0 Å². The molecule has 1 saturated carbocycles. The third-order valence-electron chi connectivity index (χ3n) is 8.72. The summed E-state index contributed by atoms with van der Waals surface area (Å²) in [5.41, 5.74) is 2.89. The van der Waals surface area contributed by atoms with Crippen LogP contribution in [0.3, 0.4) is 0 Å². The molecule has 5 rings (SSSR count). The van der Waals surface area contributed by atoms with Crippen LogP contribution in [0.25, 0.3) is 0 Å². The second-order valence-electron chi connectivity index (χ2n) is 12.2. The molecule has 0 aliphatic heterocycles. The maximum absolute atomic E-state index is 14.7. The zero-order valence-electron chi connectivity index (χ0n) is 27.3. The van der Waals surface area contributed by atoms with Crippen molar-refractivity contribution in [3.63, 3.8) is 0 Å². The predicted octanol–water partition coefficient (Wildman–Crippen LogP) is 7.05. The van der Waals surface area contributed by atoms with Gasteiger partial charge in [-0.15, -0.1) is 0 Å². The van der Waals surface area contributed by atoms with Crippen LogP contribution in [0.2, 0.25) is 0 Å². The van der Waals surface area contributed by atoms with Gasteiger partial charge in [-0.1, -0.05) is 101 Å². The van der Waals surface area contributed by atoms with E-state index in [0.29, 0.717) is 5.75 Å². The number of methoxy groups -OCH3 is 1. The second-order valence-corrected chi connectivity index (χ2v) is 15.0. The molecule has 1 atom stereocenters. The van der Waals surface area contributed by atoms with Crippen LogP contribution in [0.1, 0.15) is 48.8 Å². The topological polar surface area (TPSA) is 96.0 Å². The number of amides is 2. The van der Waals surface area contributed by atoms with Crippen molar-refractivity contribution in [2.24, 2.45) is 0 Å². The first kappa shape index (κ1) is 35.2. The van der Waals surface area contributed by atoms with Gasteiger partial charge in [0.25, 0.3) is 10.0 Å². The quantitative estimate of drug-likeness (QED) is 0.159. The van der Waals surface area contributed by atoms with Gasteiger partial charge in [0.05, 0.1) is 17.7 Å². The zero-order chi connectivity index (χ0) is 34.1. The summed E-state index contributed by atoms with van der Waals surface area (Å²) in [7, 11) is -2.70. The van der Waals surface area contributed by atoms with Gasteiger partial charge < -0.3 is 15.0 Å². The highest BCUT2D eigenvalue weighted by molar-refractivity contribution is 9.10. The molecule has 1 aliphatic rings. The van der Waals surface area contributed by atoms with Crippen LogP contribution >= 0.6 is 15.9 Å². The van der Waals surface area contributed by atoms with Gasteiger partial charge in [-0.25, -0.2) is 8.42 Å². The number of aryl methyl sites for hydroxylation is 1. The van der Waals surface area contributed by atoms with Gasteiger partial charge >= 0.3 is 0 Å². The molecule has 8 nitrogen and oxygen atoms in total. The van der Waals surface area contributed by atoms with Crippen LogP contribution < -0.4 is 14.4 Å². The summed E-state index contributed by atoms with van der Waals surface area (Å²) in [4.78, 5) is 30.5. The summed E-state index contributed by atoms with van der Waals surface area (Å²) in [6.07, 6.45) is 5.28. The predicted molar refractivity (Wildman–Crippen MR) is 192 cm³/mol. The average Bonchev–Trinajstić information content (AvgIpc) is 3.10. The van der Waals surface area contributed by atoms with Gasteiger partial charge in [0.15, 0.2) is 0 Å². The highest BCUT2D eigenvalue weighted by atomic mass is 79.9. The van der Waals surface area contributed by atoms with E-state index in [-0.39, 0.29) is 35.5 Å². The number of carbonyl (C=O) groups excluding carboxylic acids is 2. The third kappa shape index (κ3) is 9.05. The lowest BCUT2D eigenvalue weighted by Crippen LogP contribution is -2.55. The number of anilines is 1. The monoisotopic (exact) mass is 731 g/mol.